The summed E-state index contributed by atoms with van der Waals surface area (Å²) in [5, 5.41) is 10.5. The van der Waals surface area contributed by atoms with Crippen LogP contribution in [0.25, 0.3) is 0 Å². The van der Waals surface area contributed by atoms with Crippen molar-refractivity contribution in [3.05, 3.63) is 58.7 Å². The van der Waals surface area contributed by atoms with Gasteiger partial charge in [0, 0.05) is 5.56 Å². The van der Waals surface area contributed by atoms with Crippen LogP contribution in [0.3, 0.4) is 0 Å². The average molecular weight is 473 g/mol. The van der Waals surface area contributed by atoms with Gasteiger partial charge in [-0.15, -0.1) is 0 Å². The van der Waals surface area contributed by atoms with Crippen molar-refractivity contribution in [2.45, 2.75) is 77.0 Å². The van der Waals surface area contributed by atoms with Crippen molar-refractivity contribution in [1.29, 1.82) is 0 Å². The van der Waals surface area contributed by atoms with Gasteiger partial charge in [-0.05, 0) is 66.7 Å². The molecule has 2 unspecified atom stereocenters. The molecule has 5 nitrogen and oxygen atoms in total. The minimum Gasteiger partial charge on any atom is -0.496 e. The highest BCUT2D eigenvalue weighted by Gasteiger charge is 2.42. The van der Waals surface area contributed by atoms with Gasteiger partial charge in [0.15, 0.2) is 8.32 Å². The van der Waals surface area contributed by atoms with E-state index in [2.05, 4.69) is 58.1 Å². The van der Waals surface area contributed by atoms with E-state index >= 15 is 0 Å². The molecule has 33 heavy (non-hydrogen) atoms. The van der Waals surface area contributed by atoms with E-state index in [1.54, 1.807) is 14.2 Å². The number of benzene rings is 2. The molecule has 2 aromatic carbocycles. The highest BCUT2D eigenvalue weighted by Crippen LogP contribution is 2.43. The Morgan fingerprint density at radius 1 is 1.00 bits per heavy atom. The minimum absolute atomic E-state index is 0.00766. The van der Waals surface area contributed by atoms with E-state index in [0.717, 1.165) is 35.5 Å². The zero-order valence-corrected chi connectivity index (χ0v) is 22.4. The molecule has 1 aliphatic rings. The van der Waals surface area contributed by atoms with E-state index in [0.29, 0.717) is 0 Å². The number of methoxy groups -OCH3 is 2. The molecule has 0 radical (unpaired) electrons. The first-order valence-corrected chi connectivity index (χ1v) is 14.6. The van der Waals surface area contributed by atoms with E-state index in [1.165, 1.54) is 11.1 Å². The Labute approximate surface area is 200 Å². The van der Waals surface area contributed by atoms with Gasteiger partial charge in [-0.1, -0.05) is 45.0 Å². The van der Waals surface area contributed by atoms with Crippen LogP contribution in [-0.4, -0.2) is 46.5 Å². The lowest BCUT2D eigenvalue weighted by Crippen LogP contribution is -2.45. The summed E-state index contributed by atoms with van der Waals surface area (Å²) in [4.78, 5) is 0. The van der Waals surface area contributed by atoms with Gasteiger partial charge in [0.25, 0.3) is 0 Å². The summed E-state index contributed by atoms with van der Waals surface area (Å²) in [6.07, 6.45) is 0.762. The molecule has 182 valence electrons. The molecule has 0 aliphatic heterocycles. The zero-order chi connectivity index (χ0) is 24.4. The highest BCUT2D eigenvalue weighted by molar-refractivity contribution is 6.74. The SMILES string of the molecule is COc1cc(C(O[Si](C)(C)C(C)(C)C)C(CO)OC2Cc3ccccc3C2)cc(OC)c1C. The van der Waals surface area contributed by atoms with Gasteiger partial charge in [-0.2, -0.15) is 0 Å². The zero-order valence-electron chi connectivity index (χ0n) is 21.4. The summed E-state index contributed by atoms with van der Waals surface area (Å²) in [5.41, 5.74) is 4.47. The fraction of sp³-hybridized carbons (Fsp3) is 0.556. The van der Waals surface area contributed by atoms with Crippen LogP contribution in [0.2, 0.25) is 18.1 Å². The van der Waals surface area contributed by atoms with Crippen molar-refractivity contribution in [3.63, 3.8) is 0 Å². The average Bonchev–Trinajstić information content (AvgIpc) is 3.18. The van der Waals surface area contributed by atoms with Crippen LogP contribution in [0.15, 0.2) is 36.4 Å². The fourth-order valence-corrected chi connectivity index (χ4v) is 5.47. The molecule has 2 aromatic rings. The lowest BCUT2D eigenvalue weighted by Gasteiger charge is -2.41. The van der Waals surface area contributed by atoms with Crippen LogP contribution < -0.4 is 9.47 Å². The molecule has 0 heterocycles. The van der Waals surface area contributed by atoms with E-state index in [-0.39, 0.29) is 17.7 Å². The number of aliphatic hydroxyl groups is 1. The second-order valence-electron chi connectivity index (χ2n) is 10.5. The topological polar surface area (TPSA) is 57.2 Å². The van der Waals surface area contributed by atoms with Crippen molar-refractivity contribution >= 4 is 8.32 Å². The van der Waals surface area contributed by atoms with Gasteiger partial charge in [-0.3, -0.25) is 0 Å². The molecular weight excluding hydrogens is 432 g/mol. The van der Waals surface area contributed by atoms with Crippen molar-refractivity contribution < 1.29 is 23.7 Å². The number of hydrogen-bond acceptors (Lipinski definition) is 5. The van der Waals surface area contributed by atoms with Crippen LogP contribution in [0.4, 0.5) is 0 Å². The second-order valence-corrected chi connectivity index (χ2v) is 15.3. The van der Waals surface area contributed by atoms with Crippen LogP contribution in [0, 0.1) is 6.92 Å². The van der Waals surface area contributed by atoms with Crippen molar-refractivity contribution in [2.75, 3.05) is 20.8 Å². The number of hydrogen-bond donors (Lipinski definition) is 1. The maximum absolute atomic E-state index is 10.5. The molecule has 0 spiro atoms. The van der Waals surface area contributed by atoms with Crippen LogP contribution in [-0.2, 0) is 22.0 Å². The summed E-state index contributed by atoms with van der Waals surface area (Å²) in [6.45, 7) is 12.9. The summed E-state index contributed by atoms with van der Waals surface area (Å²) in [5.74, 6) is 1.47. The lowest BCUT2D eigenvalue weighted by molar-refractivity contribution is -0.0916. The third-order valence-corrected chi connectivity index (χ3v) is 11.7. The van der Waals surface area contributed by atoms with Crippen molar-refractivity contribution in [1.82, 2.24) is 0 Å². The Bertz CT molecular complexity index is 900. The molecule has 0 saturated carbocycles. The molecule has 1 aliphatic carbocycles. The van der Waals surface area contributed by atoms with Crippen LogP contribution in [0.5, 0.6) is 11.5 Å². The minimum atomic E-state index is -2.19. The first-order chi connectivity index (χ1) is 15.5. The second kappa shape index (κ2) is 10.2. The molecule has 2 atom stereocenters. The predicted molar refractivity (Wildman–Crippen MR) is 135 cm³/mol. The molecule has 0 amide bonds. The summed E-state index contributed by atoms with van der Waals surface area (Å²) < 4.78 is 24.7. The Morgan fingerprint density at radius 3 is 1.94 bits per heavy atom. The Morgan fingerprint density at radius 2 is 1.52 bits per heavy atom. The Balaban J connectivity index is 1.97. The van der Waals surface area contributed by atoms with Crippen molar-refractivity contribution in [3.8, 4) is 11.5 Å². The Hall–Kier alpha value is -1.86. The first-order valence-electron chi connectivity index (χ1n) is 11.7. The highest BCUT2D eigenvalue weighted by atomic mass is 28.4. The van der Waals surface area contributed by atoms with E-state index in [4.69, 9.17) is 18.6 Å². The van der Waals surface area contributed by atoms with E-state index < -0.39 is 20.5 Å². The van der Waals surface area contributed by atoms with E-state index in [1.807, 2.05) is 19.1 Å². The normalized spacial score (nSPS) is 16.4. The number of rotatable bonds is 9. The number of fused-ring (bicyclic) bond motifs is 1. The van der Waals surface area contributed by atoms with Crippen LogP contribution in [0.1, 0.15) is 49.1 Å². The lowest BCUT2D eigenvalue weighted by atomic mass is 10.0. The summed E-state index contributed by atoms with van der Waals surface area (Å²) in [7, 11) is 1.12. The number of aliphatic hydroxyl groups excluding tert-OH is 1. The Kier molecular flexibility index (Phi) is 7.94. The standard InChI is InChI=1S/C27H40O5Si/c1-18-23(29-5)15-21(16-24(18)30-6)26(32-33(7,8)27(2,3)4)25(17-28)31-22-13-19-11-9-10-12-20(19)14-22/h9-12,15-16,22,25-26,28H,13-14,17H2,1-8H3. The summed E-state index contributed by atoms with van der Waals surface area (Å²) in [6, 6.07) is 12.4. The maximum Gasteiger partial charge on any atom is 0.193 e. The third kappa shape index (κ3) is 5.62. The largest absolute Gasteiger partial charge is 0.496 e. The maximum atomic E-state index is 10.5. The monoisotopic (exact) mass is 472 g/mol. The molecule has 0 saturated heterocycles. The van der Waals surface area contributed by atoms with Gasteiger partial charge < -0.3 is 23.7 Å². The quantitative estimate of drug-likeness (QED) is 0.480. The number of ether oxygens (including phenoxy) is 3. The molecule has 0 fully saturated rings. The molecule has 0 aromatic heterocycles. The predicted octanol–water partition coefficient (Wildman–Crippen LogP) is 5.62. The molecule has 1 N–H and O–H groups in total. The van der Waals surface area contributed by atoms with Gasteiger partial charge in [0.05, 0.1) is 33.0 Å². The molecule has 6 heteroatoms. The van der Waals surface area contributed by atoms with Gasteiger partial charge in [0.1, 0.15) is 17.6 Å². The van der Waals surface area contributed by atoms with Gasteiger partial charge in [0.2, 0.25) is 0 Å². The molecule has 3 rings (SSSR count). The van der Waals surface area contributed by atoms with Crippen LogP contribution >= 0.6 is 0 Å². The third-order valence-electron chi connectivity index (χ3n) is 7.23. The van der Waals surface area contributed by atoms with E-state index in [9.17, 15) is 5.11 Å². The summed E-state index contributed by atoms with van der Waals surface area (Å²) >= 11 is 0. The molecular formula is C27H40O5Si. The fourth-order valence-electron chi connectivity index (χ4n) is 4.20. The van der Waals surface area contributed by atoms with Crippen molar-refractivity contribution in [2.24, 2.45) is 0 Å². The first kappa shape index (κ1) is 25.8. The van der Waals surface area contributed by atoms with Gasteiger partial charge >= 0.3 is 0 Å². The smallest absolute Gasteiger partial charge is 0.193 e. The van der Waals surface area contributed by atoms with Gasteiger partial charge in [-0.25, -0.2) is 0 Å². The molecule has 0 bridgehead atoms.